The molecule has 0 aliphatic carbocycles. The Hall–Kier alpha value is -1.79. The smallest absolute Gasteiger partial charge is 0.341 e. The molecule has 2 fully saturated rings. The number of nitrogens with one attached hydrogen (secondary N) is 1. The van der Waals surface area contributed by atoms with Crippen molar-refractivity contribution in [3.05, 3.63) is 24.3 Å². The quantitative estimate of drug-likeness (QED) is 0.776. The van der Waals surface area contributed by atoms with Gasteiger partial charge in [-0.3, -0.25) is 4.90 Å². The Balaban J connectivity index is 1.51. The molecule has 2 aliphatic rings. The molecule has 3 rings (SSSR count). The first-order valence-electron chi connectivity index (χ1n) is 9.83. The number of carboxylic acid groups (broad SMARTS) is 1. The number of carbonyl (C=O) groups is 1. The molecule has 0 unspecified atom stereocenters. The molecule has 1 aromatic carbocycles. The summed E-state index contributed by atoms with van der Waals surface area (Å²) in [4.78, 5) is 15.7. The van der Waals surface area contributed by atoms with Gasteiger partial charge in [-0.15, -0.1) is 0 Å². The van der Waals surface area contributed by atoms with E-state index in [0.29, 0.717) is 11.8 Å². The van der Waals surface area contributed by atoms with E-state index in [4.69, 9.17) is 9.84 Å². The highest BCUT2D eigenvalue weighted by molar-refractivity contribution is 5.68. The molecule has 144 valence electrons. The van der Waals surface area contributed by atoms with Crippen LogP contribution in [0.15, 0.2) is 24.3 Å². The molecule has 26 heavy (non-hydrogen) atoms. The first kappa shape index (κ1) is 19.0. The van der Waals surface area contributed by atoms with Gasteiger partial charge >= 0.3 is 5.97 Å². The van der Waals surface area contributed by atoms with E-state index in [1.807, 2.05) is 24.3 Å². The third-order valence-corrected chi connectivity index (χ3v) is 5.64. The van der Waals surface area contributed by atoms with E-state index < -0.39 is 5.97 Å². The fourth-order valence-electron chi connectivity index (χ4n) is 4.31. The van der Waals surface area contributed by atoms with Crippen LogP contribution in [0.2, 0.25) is 0 Å². The lowest BCUT2D eigenvalue weighted by Crippen LogP contribution is -2.51. The van der Waals surface area contributed by atoms with Gasteiger partial charge in [-0.25, -0.2) is 4.79 Å². The third-order valence-electron chi connectivity index (χ3n) is 5.64. The first-order valence-corrected chi connectivity index (χ1v) is 9.83. The molecule has 6 heteroatoms. The summed E-state index contributed by atoms with van der Waals surface area (Å²) in [5.74, 6) is -0.348. The summed E-state index contributed by atoms with van der Waals surface area (Å²) < 4.78 is 5.21. The molecule has 0 atom stereocenters. The van der Waals surface area contributed by atoms with Crippen molar-refractivity contribution in [2.45, 2.75) is 44.7 Å². The lowest BCUT2D eigenvalue weighted by molar-refractivity contribution is -0.139. The van der Waals surface area contributed by atoms with Gasteiger partial charge in [0.15, 0.2) is 6.61 Å². The fraction of sp³-hybridized carbons (Fsp3) is 0.650. The molecule has 0 amide bonds. The standard InChI is InChI=1S/C20H31N3O3/c1-2-23(17-7-11-21-12-8-17)18-9-13-22(14-10-18)16-3-5-19(6-4-16)26-15-20(24)25/h3-6,17-18,21H,2,7-15H2,1H3,(H,24,25). The second-order valence-corrected chi connectivity index (χ2v) is 7.21. The van der Waals surface area contributed by atoms with Crippen LogP contribution < -0.4 is 15.0 Å². The number of aliphatic carboxylic acids is 1. The SMILES string of the molecule is CCN(C1CCNCC1)C1CCN(c2ccc(OCC(=O)O)cc2)CC1. The molecule has 2 aliphatic heterocycles. The lowest BCUT2D eigenvalue weighted by atomic mass is 9.97. The molecule has 6 nitrogen and oxygen atoms in total. The number of ether oxygens (including phenoxy) is 1. The number of hydrogen-bond donors (Lipinski definition) is 2. The summed E-state index contributed by atoms with van der Waals surface area (Å²) in [6.45, 7) is 7.58. The van der Waals surface area contributed by atoms with Gasteiger partial charge < -0.3 is 20.1 Å². The van der Waals surface area contributed by atoms with Crippen molar-refractivity contribution in [3.8, 4) is 5.75 Å². The fourth-order valence-corrected chi connectivity index (χ4v) is 4.31. The molecule has 0 bridgehead atoms. The van der Waals surface area contributed by atoms with Crippen molar-refractivity contribution in [2.24, 2.45) is 0 Å². The van der Waals surface area contributed by atoms with Gasteiger partial charge in [-0.05, 0) is 69.6 Å². The number of hydrogen-bond acceptors (Lipinski definition) is 5. The van der Waals surface area contributed by atoms with Gasteiger partial charge in [0, 0.05) is 30.9 Å². The van der Waals surface area contributed by atoms with Crippen LogP contribution in [0.4, 0.5) is 5.69 Å². The maximum absolute atomic E-state index is 10.6. The van der Waals surface area contributed by atoms with Crippen LogP contribution in [-0.2, 0) is 4.79 Å². The maximum Gasteiger partial charge on any atom is 0.341 e. The van der Waals surface area contributed by atoms with Crippen molar-refractivity contribution in [1.29, 1.82) is 0 Å². The second kappa shape index (κ2) is 9.24. The normalized spacial score (nSPS) is 19.7. The average molecular weight is 361 g/mol. The van der Waals surface area contributed by atoms with Crippen LogP contribution in [-0.4, -0.2) is 67.4 Å². The highest BCUT2D eigenvalue weighted by atomic mass is 16.5. The predicted octanol–water partition coefficient (Wildman–Crippen LogP) is 2.19. The Labute approximate surface area is 156 Å². The summed E-state index contributed by atoms with van der Waals surface area (Å²) in [7, 11) is 0. The van der Waals surface area contributed by atoms with E-state index in [-0.39, 0.29) is 6.61 Å². The molecule has 2 N–H and O–H groups in total. The van der Waals surface area contributed by atoms with Crippen molar-refractivity contribution < 1.29 is 14.6 Å². The Bertz CT molecular complexity index is 564. The second-order valence-electron chi connectivity index (χ2n) is 7.21. The number of benzene rings is 1. The monoisotopic (exact) mass is 361 g/mol. The zero-order valence-corrected chi connectivity index (χ0v) is 15.7. The van der Waals surface area contributed by atoms with Crippen LogP contribution in [0.3, 0.4) is 0 Å². The number of nitrogens with zero attached hydrogens (tertiary/aromatic N) is 2. The molecule has 0 saturated carbocycles. The van der Waals surface area contributed by atoms with Crippen LogP contribution in [0.25, 0.3) is 0 Å². The summed E-state index contributed by atoms with van der Waals surface area (Å²) in [6, 6.07) is 9.21. The minimum absolute atomic E-state index is 0.297. The minimum Gasteiger partial charge on any atom is -0.482 e. The number of carboxylic acids is 1. The number of piperidine rings is 2. The van der Waals surface area contributed by atoms with Crippen LogP contribution in [0.5, 0.6) is 5.75 Å². The first-order chi connectivity index (χ1) is 12.7. The molecule has 2 heterocycles. The van der Waals surface area contributed by atoms with Crippen molar-refractivity contribution in [3.63, 3.8) is 0 Å². The van der Waals surface area contributed by atoms with Crippen LogP contribution >= 0.6 is 0 Å². The predicted molar refractivity (Wildman–Crippen MR) is 103 cm³/mol. The Morgan fingerprint density at radius 1 is 1.15 bits per heavy atom. The van der Waals surface area contributed by atoms with Crippen molar-refractivity contribution >= 4 is 11.7 Å². The summed E-state index contributed by atoms with van der Waals surface area (Å²) in [6.07, 6.45) is 4.95. The van der Waals surface area contributed by atoms with Crippen molar-refractivity contribution in [2.75, 3.05) is 44.2 Å². The summed E-state index contributed by atoms with van der Waals surface area (Å²) in [5, 5.41) is 12.1. The van der Waals surface area contributed by atoms with E-state index >= 15 is 0 Å². The minimum atomic E-state index is -0.953. The van der Waals surface area contributed by atoms with Gasteiger partial charge in [-0.1, -0.05) is 6.92 Å². The zero-order chi connectivity index (χ0) is 18.4. The maximum atomic E-state index is 10.6. The Morgan fingerprint density at radius 3 is 2.35 bits per heavy atom. The van der Waals surface area contributed by atoms with Gasteiger partial charge in [0.1, 0.15) is 5.75 Å². The molecule has 2 saturated heterocycles. The summed E-state index contributed by atoms with van der Waals surface area (Å²) >= 11 is 0. The van der Waals surface area contributed by atoms with E-state index in [0.717, 1.165) is 38.8 Å². The van der Waals surface area contributed by atoms with E-state index in [2.05, 4.69) is 22.0 Å². The molecular formula is C20H31N3O3. The molecule has 1 aromatic rings. The van der Waals surface area contributed by atoms with Crippen molar-refractivity contribution in [1.82, 2.24) is 10.2 Å². The molecule has 0 aromatic heterocycles. The molecular weight excluding hydrogens is 330 g/mol. The van der Waals surface area contributed by atoms with E-state index in [1.54, 1.807) is 0 Å². The lowest BCUT2D eigenvalue weighted by Gasteiger charge is -2.44. The van der Waals surface area contributed by atoms with E-state index in [1.165, 1.54) is 31.4 Å². The number of anilines is 1. The Kier molecular flexibility index (Phi) is 6.74. The largest absolute Gasteiger partial charge is 0.482 e. The van der Waals surface area contributed by atoms with Crippen LogP contribution in [0, 0.1) is 0 Å². The highest BCUT2D eigenvalue weighted by Gasteiger charge is 2.29. The third kappa shape index (κ3) is 4.89. The Morgan fingerprint density at radius 2 is 1.77 bits per heavy atom. The molecule has 0 spiro atoms. The average Bonchev–Trinajstić information content (AvgIpc) is 2.69. The van der Waals surface area contributed by atoms with Gasteiger partial charge in [-0.2, -0.15) is 0 Å². The van der Waals surface area contributed by atoms with Crippen LogP contribution in [0.1, 0.15) is 32.6 Å². The van der Waals surface area contributed by atoms with Gasteiger partial charge in [0.05, 0.1) is 0 Å². The zero-order valence-electron chi connectivity index (χ0n) is 15.7. The van der Waals surface area contributed by atoms with Gasteiger partial charge in [0.2, 0.25) is 0 Å². The highest BCUT2D eigenvalue weighted by Crippen LogP contribution is 2.27. The van der Waals surface area contributed by atoms with E-state index in [9.17, 15) is 4.79 Å². The molecule has 0 radical (unpaired) electrons. The topological polar surface area (TPSA) is 65.0 Å². The summed E-state index contributed by atoms with van der Waals surface area (Å²) in [5.41, 5.74) is 1.19. The number of rotatable bonds is 7. The van der Waals surface area contributed by atoms with Gasteiger partial charge in [0.25, 0.3) is 0 Å².